The molecular weight excluding hydrogens is 170 g/mol. The van der Waals surface area contributed by atoms with E-state index in [2.05, 4.69) is 5.32 Å². The minimum atomic E-state index is -0.272. The van der Waals surface area contributed by atoms with Gasteiger partial charge in [-0.25, -0.2) is 0 Å². The fraction of sp³-hybridized carbons (Fsp3) is 1.00. The van der Waals surface area contributed by atoms with Crippen molar-refractivity contribution in [1.82, 2.24) is 5.32 Å². The zero-order valence-electron chi connectivity index (χ0n) is 8.91. The molecule has 4 nitrogen and oxygen atoms in total. The second-order valence-corrected chi connectivity index (χ2v) is 3.29. The molecule has 0 radical (unpaired) electrons. The normalized spacial score (nSPS) is 16.2. The summed E-state index contributed by atoms with van der Waals surface area (Å²) in [5.74, 6) is 0. The summed E-state index contributed by atoms with van der Waals surface area (Å²) in [6.07, 6.45) is 0.252. The molecule has 2 N–H and O–H groups in total. The topological polar surface area (TPSA) is 50.7 Å². The van der Waals surface area contributed by atoms with Crippen LogP contribution in [-0.2, 0) is 9.47 Å². The second-order valence-electron chi connectivity index (χ2n) is 3.29. The average Bonchev–Trinajstić information content (AvgIpc) is 2.05. The van der Waals surface area contributed by atoms with Crippen LogP contribution in [0.2, 0.25) is 0 Å². The van der Waals surface area contributed by atoms with E-state index in [1.165, 1.54) is 0 Å². The first-order valence-corrected chi connectivity index (χ1v) is 4.57. The van der Waals surface area contributed by atoms with Crippen molar-refractivity contribution in [2.24, 2.45) is 0 Å². The maximum absolute atomic E-state index is 9.10. The van der Waals surface area contributed by atoms with Crippen LogP contribution in [0.3, 0.4) is 0 Å². The average molecular weight is 191 g/mol. The van der Waals surface area contributed by atoms with Gasteiger partial charge < -0.3 is 19.9 Å². The van der Waals surface area contributed by atoms with Crippen molar-refractivity contribution >= 4 is 0 Å². The van der Waals surface area contributed by atoms with E-state index in [1.807, 2.05) is 6.92 Å². The van der Waals surface area contributed by atoms with E-state index in [1.54, 1.807) is 21.1 Å². The Bertz CT molecular complexity index is 115. The van der Waals surface area contributed by atoms with Gasteiger partial charge in [-0.15, -0.1) is 0 Å². The zero-order chi connectivity index (χ0) is 10.3. The SMILES string of the molecule is COC(CNC(C)CC(C)O)OC. The smallest absolute Gasteiger partial charge is 0.169 e. The molecule has 0 aliphatic heterocycles. The largest absolute Gasteiger partial charge is 0.393 e. The summed E-state index contributed by atoms with van der Waals surface area (Å²) < 4.78 is 10.0. The lowest BCUT2D eigenvalue weighted by molar-refractivity contribution is -0.1000. The molecule has 0 amide bonds. The van der Waals surface area contributed by atoms with Crippen molar-refractivity contribution in [3.63, 3.8) is 0 Å². The third kappa shape index (κ3) is 6.95. The molecule has 0 aromatic heterocycles. The first-order valence-electron chi connectivity index (χ1n) is 4.57. The fourth-order valence-electron chi connectivity index (χ4n) is 1.16. The highest BCUT2D eigenvalue weighted by molar-refractivity contribution is 4.64. The summed E-state index contributed by atoms with van der Waals surface area (Å²) in [7, 11) is 3.21. The quantitative estimate of drug-likeness (QED) is 0.570. The second kappa shape index (κ2) is 7.26. The van der Waals surface area contributed by atoms with Gasteiger partial charge in [0.2, 0.25) is 0 Å². The molecule has 0 bridgehead atoms. The summed E-state index contributed by atoms with van der Waals surface area (Å²) in [5.41, 5.74) is 0. The number of aliphatic hydroxyl groups excluding tert-OH is 1. The maximum Gasteiger partial charge on any atom is 0.169 e. The van der Waals surface area contributed by atoms with Crippen LogP contribution in [0.5, 0.6) is 0 Å². The van der Waals surface area contributed by atoms with Crippen molar-refractivity contribution in [3.05, 3.63) is 0 Å². The van der Waals surface area contributed by atoms with Crippen LogP contribution in [0.1, 0.15) is 20.3 Å². The summed E-state index contributed by atoms with van der Waals surface area (Å²) >= 11 is 0. The number of hydrogen-bond donors (Lipinski definition) is 2. The van der Waals surface area contributed by atoms with Crippen LogP contribution in [0, 0.1) is 0 Å². The molecule has 0 aromatic rings. The van der Waals surface area contributed by atoms with Crippen molar-refractivity contribution in [2.45, 2.75) is 38.7 Å². The van der Waals surface area contributed by atoms with Crippen LogP contribution in [0.4, 0.5) is 0 Å². The van der Waals surface area contributed by atoms with E-state index >= 15 is 0 Å². The number of ether oxygens (including phenoxy) is 2. The van der Waals surface area contributed by atoms with Crippen molar-refractivity contribution < 1.29 is 14.6 Å². The van der Waals surface area contributed by atoms with Gasteiger partial charge in [-0.1, -0.05) is 0 Å². The number of nitrogens with one attached hydrogen (secondary N) is 1. The standard InChI is InChI=1S/C9H21NO3/c1-7(5-8(2)11)10-6-9(12-3)13-4/h7-11H,5-6H2,1-4H3. The Morgan fingerprint density at radius 2 is 1.77 bits per heavy atom. The minimum Gasteiger partial charge on any atom is -0.393 e. The molecule has 0 rings (SSSR count). The van der Waals surface area contributed by atoms with Crippen LogP contribution in [0.15, 0.2) is 0 Å². The molecule has 0 fully saturated rings. The van der Waals surface area contributed by atoms with Gasteiger partial charge in [0, 0.05) is 26.8 Å². The predicted molar refractivity (Wildman–Crippen MR) is 51.6 cm³/mol. The van der Waals surface area contributed by atoms with Crippen molar-refractivity contribution in [2.75, 3.05) is 20.8 Å². The molecule has 0 aliphatic carbocycles. The van der Waals surface area contributed by atoms with Gasteiger partial charge >= 0.3 is 0 Å². The van der Waals surface area contributed by atoms with Gasteiger partial charge in [0.1, 0.15) is 0 Å². The molecule has 0 heterocycles. The van der Waals surface area contributed by atoms with Crippen LogP contribution in [-0.4, -0.2) is 44.3 Å². The lowest BCUT2D eigenvalue weighted by atomic mass is 10.1. The molecule has 4 heteroatoms. The molecule has 2 unspecified atom stereocenters. The van der Waals surface area contributed by atoms with E-state index in [0.717, 1.165) is 6.42 Å². The Balaban J connectivity index is 3.49. The Morgan fingerprint density at radius 1 is 1.23 bits per heavy atom. The molecule has 0 aliphatic rings. The Morgan fingerprint density at radius 3 is 2.15 bits per heavy atom. The fourth-order valence-corrected chi connectivity index (χ4v) is 1.16. The summed E-state index contributed by atoms with van der Waals surface area (Å²) in [6.45, 7) is 4.44. The van der Waals surface area contributed by atoms with Gasteiger partial charge in [0.15, 0.2) is 6.29 Å². The highest BCUT2D eigenvalue weighted by atomic mass is 16.7. The monoisotopic (exact) mass is 191 g/mol. The third-order valence-electron chi connectivity index (χ3n) is 1.85. The predicted octanol–water partition coefficient (Wildman–Crippen LogP) is 0.354. The minimum absolute atomic E-state index is 0.212. The van der Waals surface area contributed by atoms with Crippen LogP contribution < -0.4 is 5.32 Å². The number of hydrogen-bond acceptors (Lipinski definition) is 4. The maximum atomic E-state index is 9.10. The van der Waals surface area contributed by atoms with E-state index in [4.69, 9.17) is 14.6 Å². The lowest BCUT2D eigenvalue weighted by Gasteiger charge is -2.19. The highest BCUT2D eigenvalue weighted by Gasteiger charge is 2.09. The third-order valence-corrected chi connectivity index (χ3v) is 1.85. The van der Waals surface area contributed by atoms with Gasteiger partial charge in [0.05, 0.1) is 6.10 Å². The van der Waals surface area contributed by atoms with E-state index in [-0.39, 0.29) is 18.4 Å². The lowest BCUT2D eigenvalue weighted by Crippen LogP contribution is -2.37. The van der Waals surface area contributed by atoms with Gasteiger partial charge in [-0.05, 0) is 20.3 Å². The van der Waals surface area contributed by atoms with E-state index in [0.29, 0.717) is 6.54 Å². The Kier molecular flexibility index (Phi) is 7.17. The van der Waals surface area contributed by atoms with Crippen LogP contribution >= 0.6 is 0 Å². The highest BCUT2D eigenvalue weighted by Crippen LogP contribution is 1.97. The van der Waals surface area contributed by atoms with Crippen LogP contribution in [0.25, 0.3) is 0 Å². The summed E-state index contributed by atoms with van der Waals surface area (Å²) in [6, 6.07) is 0.271. The first kappa shape index (κ1) is 12.8. The van der Waals surface area contributed by atoms with E-state index < -0.39 is 0 Å². The number of methoxy groups -OCH3 is 2. The first-order chi connectivity index (χ1) is 6.10. The Hall–Kier alpha value is -0.160. The summed E-state index contributed by atoms with van der Waals surface area (Å²) in [4.78, 5) is 0. The molecule has 2 atom stereocenters. The molecule has 0 aromatic carbocycles. The molecule has 0 saturated carbocycles. The van der Waals surface area contributed by atoms with E-state index in [9.17, 15) is 0 Å². The van der Waals surface area contributed by atoms with Gasteiger partial charge in [0.25, 0.3) is 0 Å². The Labute approximate surface area is 80.2 Å². The zero-order valence-corrected chi connectivity index (χ0v) is 8.91. The van der Waals surface area contributed by atoms with Crippen molar-refractivity contribution in [3.8, 4) is 0 Å². The molecular formula is C9H21NO3. The van der Waals surface area contributed by atoms with Crippen molar-refractivity contribution in [1.29, 1.82) is 0 Å². The molecule has 13 heavy (non-hydrogen) atoms. The molecule has 0 spiro atoms. The number of rotatable bonds is 7. The van der Waals surface area contributed by atoms with Gasteiger partial charge in [-0.2, -0.15) is 0 Å². The number of aliphatic hydroxyl groups is 1. The molecule has 80 valence electrons. The summed E-state index contributed by atoms with van der Waals surface area (Å²) in [5, 5.41) is 12.3. The van der Waals surface area contributed by atoms with Gasteiger partial charge in [-0.3, -0.25) is 0 Å². The molecule has 0 saturated heterocycles.